The van der Waals surface area contributed by atoms with E-state index >= 15 is 0 Å². The molecule has 0 heterocycles. The fourth-order valence-corrected chi connectivity index (χ4v) is 2.78. The zero-order valence-electron chi connectivity index (χ0n) is 10.4. The van der Waals surface area contributed by atoms with Gasteiger partial charge in [-0.1, -0.05) is 0 Å². The first-order valence-corrected chi connectivity index (χ1v) is 6.27. The highest BCUT2D eigenvalue weighted by atomic mass is 35.5. The molecule has 0 aromatic rings. The van der Waals surface area contributed by atoms with Crippen molar-refractivity contribution in [3.63, 3.8) is 0 Å². The molecule has 3 N–H and O–H groups in total. The first-order valence-electron chi connectivity index (χ1n) is 4.34. The topological polar surface area (TPSA) is 75.0 Å². The molecule has 0 bridgehead atoms. The van der Waals surface area contributed by atoms with Gasteiger partial charge in [-0.3, -0.25) is 4.99 Å². The van der Waals surface area contributed by atoms with Crippen LogP contribution < -0.4 is 6.15 Å². The van der Waals surface area contributed by atoms with Crippen molar-refractivity contribution in [3.05, 3.63) is 0 Å². The van der Waals surface area contributed by atoms with Crippen LogP contribution in [-0.4, -0.2) is 42.9 Å². The summed E-state index contributed by atoms with van der Waals surface area (Å²) in [7, 11) is 2.54. The van der Waals surface area contributed by atoms with Gasteiger partial charge in [0.2, 0.25) is 0 Å². The summed E-state index contributed by atoms with van der Waals surface area (Å²) in [4.78, 5) is 4.11. The van der Waals surface area contributed by atoms with Gasteiger partial charge in [0, 0.05) is 33.9 Å². The van der Waals surface area contributed by atoms with E-state index in [1.54, 1.807) is 27.5 Å². The molecule has 0 radical (unpaired) electrons. The fraction of sp³-hybridized carbons (Fsp3) is 0.875. The average molecular weight is 295 g/mol. The van der Waals surface area contributed by atoms with Crippen LogP contribution in [0, 0.1) is 0 Å². The summed E-state index contributed by atoms with van der Waals surface area (Å²) in [6.45, 7) is 2.72. The molecule has 0 unspecified atom stereocenters. The molecule has 0 atom stereocenters. The van der Waals surface area contributed by atoms with Crippen LogP contribution in [0.15, 0.2) is 4.99 Å². The Bertz CT molecular complexity index is 152. The predicted octanol–water partition coefficient (Wildman–Crippen LogP) is 2.35. The molecule has 0 aliphatic carbocycles. The monoisotopic (exact) mass is 294 g/mol. The second kappa shape index (κ2) is 15.3. The molecular weight excluding hydrogens is 271 g/mol. The predicted molar refractivity (Wildman–Crippen MR) is 74.8 cm³/mol. The van der Waals surface area contributed by atoms with E-state index in [4.69, 9.17) is 13.3 Å². The van der Waals surface area contributed by atoms with Crippen molar-refractivity contribution >= 4 is 39.8 Å². The second-order valence-electron chi connectivity index (χ2n) is 2.56. The fourth-order valence-electron chi connectivity index (χ4n) is 1.07. The third-order valence-corrected chi connectivity index (χ3v) is 4.72. The van der Waals surface area contributed by atoms with Gasteiger partial charge in [0.15, 0.2) is 0 Å². The summed E-state index contributed by atoms with van der Waals surface area (Å²) in [6.07, 6.45) is 2.74. The number of hydrogen-bond donors (Lipinski definition) is 1. The number of hydrogen-bond acceptors (Lipinski definition) is 5. The van der Waals surface area contributed by atoms with Gasteiger partial charge in [0.1, 0.15) is 0 Å². The normalized spacial score (nSPS) is 10.2. The number of nitrogens with zero attached hydrogens (tertiary/aromatic N) is 1. The Balaban J connectivity index is -0.000000240. The van der Waals surface area contributed by atoms with Crippen molar-refractivity contribution < 1.29 is 13.3 Å². The van der Waals surface area contributed by atoms with Crippen molar-refractivity contribution in [1.29, 1.82) is 0 Å². The molecule has 0 spiro atoms. The Morgan fingerprint density at radius 2 is 1.50 bits per heavy atom. The molecule has 0 saturated heterocycles. The summed E-state index contributed by atoms with van der Waals surface area (Å²) in [5, 5.41) is 0. The molecule has 0 aromatic heterocycles. The Kier molecular flexibility index (Phi) is 24.1. The van der Waals surface area contributed by atoms with Crippen LogP contribution in [-0.2, 0) is 13.3 Å². The van der Waals surface area contributed by atoms with Crippen molar-refractivity contribution in [3.8, 4) is 0 Å². The lowest BCUT2D eigenvalue weighted by atomic mass is 10.5. The Hall–Kier alpha value is 0.307. The van der Waals surface area contributed by atoms with Crippen LogP contribution in [0.5, 0.6) is 0 Å². The van der Waals surface area contributed by atoms with Gasteiger partial charge >= 0.3 is 8.80 Å². The SMILES string of the molecule is CC=NCCC[Si](OC)(OC)OC.Cl.Cl.N. The van der Waals surface area contributed by atoms with Gasteiger partial charge in [-0.05, 0) is 19.6 Å². The van der Waals surface area contributed by atoms with Crippen molar-refractivity contribution in [2.24, 2.45) is 4.99 Å². The molecule has 0 saturated carbocycles. The van der Waals surface area contributed by atoms with E-state index in [1.165, 1.54) is 0 Å². The van der Waals surface area contributed by atoms with Crippen molar-refractivity contribution in [2.45, 2.75) is 19.4 Å². The van der Waals surface area contributed by atoms with Crippen LogP contribution >= 0.6 is 24.8 Å². The zero-order chi connectivity index (χ0) is 10.2. The van der Waals surface area contributed by atoms with Crippen LogP contribution in [0.1, 0.15) is 13.3 Å². The minimum atomic E-state index is -2.34. The van der Waals surface area contributed by atoms with Crippen LogP contribution in [0.3, 0.4) is 0 Å². The van der Waals surface area contributed by atoms with Gasteiger partial charge in [0.25, 0.3) is 0 Å². The maximum Gasteiger partial charge on any atom is 0.500 e. The smallest absolute Gasteiger partial charge is 0.377 e. The highest BCUT2D eigenvalue weighted by Gasteiger charge is 2.36. The second-order valence-corrected chi connectivity index (χ2v) is 5.65. The number of halogens is 2. The summed E-state index contributed by atoms with van der Waals surface area (Å²) >= 11 is 0. The van der Waals surface area contributed by atoms with E-state index in [-0.39, 0.29) is 31.0 Å². The summed E-state index contributed by atoms with van der Waals surface area (Å²) in [5.41, 5.74) is 0. The molecule has 102 valence electrons. The molecule has 0 aromatic carbocycles. The van der Waals surface area contributed by atoms with Gasteiger partial charge in [0.05, 0.1) is 0 Å². The summed E-state index contributed by atoms with van der Waals surface area (Å²) in [5.74, 6) is 0. The molecule has 8 heteroatoms. The molecule has 0 amide bonds. The van der Waals surface area contributed by atoms with Crippen molar-refractivity contribution in [2.75, 3.05) is 27.9 Å². The Morgan fingerprint density at radius 3 is 1.81 bits per heavy atom. The number of aliphatic imine (C=N–C) groups is 1. The first kappa shape index (κ1) is 25.2. The third-order valence-electron chi connectivity index (χ3n) is 1.89. The van der Waals surface area contributed by atoms with E-state index in [1.807, 2.05) is 6.92 Å². The lowest BCUT2D eigenvalue weighted by Gasteiger charge is -2.23. The third kappa shape index (κ3) is 9.53. The molecular formula is C8H24Cl2N2O3Si. The standard InChI is InChI=1S/C8H19NO3Si.2ClH.H3N/c1-5-9-7-6-8-13(10-2,11-3)12-4;;;/h5H,6-8H2,1-4H3;2*1H;1H3. The zero-order valence-corrected chi connectivity index (χ0v) is 13.0. The maximum atomic E-state index is 5.26. The highest BCUT2D eigenvalue weighted by molar-refractivity contribution is 6.60. The summed E-state index contributed by atoms with van der Waals surface area (Å²) in [6, 6.07) is 0.813. The highest BCUT2D eigenvalue weighted by Crippen LogP contribution is 2.14. The van der Waals surface area contributed by atoms with Gasteiger partial charge in [-0.15, -0.1) is 24.8 Å². The van der Waals surface area contributed by atoms with Crippen molar-refractivity contribution in [1.82, 2.24) is 6.15 Å². The maximum absolute atomic E-state index is 5.26. The van der Waals surface area contributed by atoms with E-state index in [0.29, 0.717) is 0 Å². The van der Waals surface area contributed by atoms with Crippen LogP contribution in [0.25, 0.3) is 0 Å². The lowest BCUT2D eigenvalue weighted by Crippen LogP contribution is -2.42. The Morgan fingerprint density at radius 1 is 1.06 bits per heavy atom. The van der Waals surface area contributed by atoms with Crippen LogP contribution in [0.2, 0.25) is 6.04 Å². The van der Waals surface area contributed by atoms with E-state index in [0.717, 1.165) is 19.0 Å². The van der Waals surface area contributed by atoms with Gasteiger partial charge < -0.3 is 19.4 Å². The molecule has 0 fully saturated rings. The van der Waals surface area contributed by atoms with E-state index < -0.39 is 8.80 Å². The van der Waals surface area contributed by atoms with E-state index in [9.17, 15) is 0 Å². The molecule has 0 aliphatic rings. The van der Waals surface area contributed by atoms with Gasteiger partial charge in [-0.2, -0.15) is 0 Å². The largest absolute Gasteiger partial charge is 0.500 e. The minimum absolute atomic E-state index is 0. The molecule has 5 nitrogen and oxygen atoms in total. The molecule has 16 heavy (non-hydrogen) atoms. The van der Waals surface area contributed by atoms with Crippen LogP contribution in [0.4, 0.5) is 0 Å². The summed E-state index contributed by atoms with van der Waals surface area (Å²) < 4.78 is 15.8. The van der Waals surface area contributed by atoms with Gasteiger partial charge in [-0.25, -0.2) is 0 Å². The first-order chi connectivity index (χ1) is 6.24. The quantitative estimate of drug-likeness (QED) is 0.444. The average Bonchev–Trinajstić information content (AvgIpc) is 2.20. The lowest BCUT2D eigenvalue weighted by molar-refractivity contribution is 0.123. The molecule has 0 aliphatic heterocycles. The number of rotatable bonds is 7. The molecule has 0 rings (SSSR count). The van der Waals surface area contributed by atoms with E-state index in [2.05, 4.69) is 4.99 Å². The Labute approximate surface area is 112 Å². The minimum Gasteiger partial charge on any atom is -0.377 e.